The van der Waals surface area contributed by atoms with Gasteiger partial charge < -0.3 is 25.0 Å². The van der Waals surface area contributed by atoms with E-state index in [1.165, 1.54) is 7.11 Å². The Morgan fingerprint density at radius 3 is 2.46 bits per heavy atom. The molecular weight excluding hydrogens is 338 g/mol. The Bertz CT molecular complexity index is 751. The van der Waals surface area contributed by atoms with Gasteiger partial charge in [-0.05, 0) is 24.6 Å². The van der Waals surface area contributed by atoms with Crippen LogP contribution in [-0.2, 0) is 14.3 Å². The lowest BCUT2D eigenvalue weighted by molar-refractivity contribution is -0.131. The van der Waals surface area contributed by atoms with Crippen molar-refractivity contribution in [1.82, 2.24) is 15.5 Å². The molecule has 1 atom stereocenters. The molecule has 1 saturated heterocycles. The minimum atomic E-state index is -0.592. The molecule has 2 aliphatic rings. The molecule has 2 N–H and O–H groups in total. The van der Waals surface area contributed by atoms with Gasteiger partial charge in [-0.25, -0.2) is 9.59 Å². The highest BCUT2D eigenvalue weighted by atomic mass is 16.5. The minimum Gasteiger partial charge on any atom is -0.465 e. The Balaban J connectivity index is 1.92. The van der Waals surface area contributed by atoms with Gasteiger partial charge in [0.1, 0.15) is 0 Å². The Labute approximate surface area is 151 Å². The number of urea groups is 1. The fourth-order valence-corrected chi connectivity index (χ4v) is 3.09. The Hall–Kier alpha value is -2.87. The van der Waals surface area contributed by atoms with Crippen molar-refractivity contribution in [3.05, 3.63) is 46.7 Å². The number of morpholine rings is 1. The normalized spacial score (nSPS) is 20.3. The molecule has 2 aliphatic heterocycles. The number of hydrogen-bond acceptors (Lipinski definition) is 5. The van der Waals surface area contributed by atoms with Crippen LogP contribution in [0.25, 0.3) is 0 Å². The van der Waals surface area contributed by atoms with Crippen LogP contribution in [-0.4, -0.2) is 56.2 Å². The maximum absolute atomic E-state index is 13.0. The van der Waals surface area contributed by atoms with Gasteiger partial charge in [-0.1, -0.05) is 12.1 Å². The lowest BCUT2D eigenvalue weighted by Crippen LogP contribution is -2.49. The minimum absolute atomic E-state index is 0.139. The predicted molar refractivity (Wildman–Crippen MR) is 92.3 cm³/mol. The van der Waals surface area contributed by atoms with Crippen LogP contribution in [0.1, 0.15) is 28.9 Å². The average molecular weight is 359 g/mol. The van der Waals surface area contributed by atoms with Crippen LogP contribution in [0.15, 0.2) is 35.5 Å². The van der Waals surface area contributed by atoms with Crippen LogP contribution < -0.4 is 10.6 Å². The largest absolute Gasteiger partial charge is 0.465 e. The summed E-state index contributed by atoms with van der Waals surface area (Å²) in [6, 6.07) is 5.68. The number of allylic oxidation sites excluding steroid dienone is 1. The first-order chi connectivity index (χ1) is 12.5. The van der Waals surface area contributed by atoms with Crippen molar-refractivity contribution < 1.29 is 23.9 Å². The molecule has 0 saturated carbocycles. The number of esters is 1. The summed E-state index contributed by atoms with van der Waals surface area (Å²) in [6.07, 6.45) is 0. The fraction of sp³-hybridized carbons (Fsp3) is 0.389. The Morgan fingerprint density at radius 1 is 1.19 bits per heavy atom. The third-order valence-electron chi connectivity index (χ3n) is 4.46. The van der Waals surface area contributed by atoms with Crippen molar-refractivity contribution in [2.75, 3.05) is 33.4 Å². The van der Waals surface area contributed by atoms with Gasteiger partial charge in [0.2, 0.25) is 0 Å². The monoisotopic (exact) mass is 359 g/mol. The molecule has 1 aromatic carbocycles. The molecule has 3 rings (SSSR count). The molecule has 8 nitrogen and oxygen atoms in total. The third kappa shape index (κ3) is 3.55. The fourth-order valence-electron chi connectivity index (χ4n) is 3.09. The summed E-state index contributed by atoms with van der Waals surface area (Å²) in [7, 11) is 1.31. The van der Waals surface area contributed by atoms with Crippen molar-refractivity contribution >= 4 is 17.9 Å². The van der Waals surface area contributed by atoms with Crippen molar-refractivity contribution in [2.45, 2.75) is 13.0 Å². The number of nitrogens with zero attached hydrogens (tertiary/aromatic N) is 1. The molecule has 1 fully saturated rings. The molecule has 0 aliphatic carbocycles. The first kappa shape index (κ1) is 17.9. The van der Waals surface area contributed by atoms with E-state index in [2.05, 4.69) is 10.6 Å². The lowest BCUT2D eigenvalue weighted by Gasteiger charge is -2.34. The lowest BCUT2D eigenvalue weighted by atomic mass is 9.93. The number of carbonyl (C=O) groups excluding carboxylic acids is 3. The highest BCUT2D eigenvalue weighted by molar-refractivity contribution is 5.98. The highest BCUT2D eigenvalue weighted by Gasteiger charge is 2.34. The summed E-state index contributed by atoms with van der Waals surface area (Å²) in [5.41, 5.74) is 2.12. The van der Waals surface area contributed by atoms with Crippen LogP contribution >= 0.6 is 0 Å². The van der Waals surface area contributed by atoms with Crippen LogP contribution in [0, 0.1) is 0 Å². The highest BCUT2D eigenvalue weighted by Crippen LogP contribution is 2.28. The van der Waals surface area contributed by atoms with Crippen LogP contribution in [0.3, 0.4) is 0 Å². The zero-order chi connectivity index (χ0) is 18.7. The van der Waals surface area contributed by atoms with E-state index in [1.54, 1.807) is 36.1 Å². The van der Waals surface area contributed by atoms with Gasteiger partial charge in [0.05, 0.1) is 37.5 Å². The number of methoxy groups -OCH3 is 1. The zero-order valence-electron chi connectivity index (χ0n) is 14.7. The molecule has 138 valence electrons. The Morgan fingerprint density at radius 2 is 1.85 bits per heavy atom. The summed E-state index contributed by atoms with van der Waals surface area (Å²) >= 11 is 0. The second-order valence-electron chi connectivity index (χ2n) is 6.09. The Kier molecular flexibility index (Phi) is 5.22. The van der Waals surface area contributed by atoms with Gasteiger partial charge in [0.25, 0.3) is 5.91 Å². The molecule has 3 amide bonds. The third-order valence-corrected chi connectivity index (χ3v) is 4.46. The summed E-state index contributed by atoms with van der Waals surface area (Å²) in [4.78, 5) is 38.3. The zero-order valence-corrected chi connectivity index (χ0v) is 14.7. The molecule has 0 radical (unpaired) electrons. The molecule has 1 aromatic rings. The standard InChI is InChI=1S/C18H21N3O5/c1-11-14(16(22)21-7-9-26-10-8-21)15(20-18(24)19-11)12-3-5-13(6-4-12)17(23)25-2/h3-6,15H,7-10H2,1-2H3,(H2,19,20,24). The first-order valence-corrected chi connectivity index (χ1v) is 8.35. The maximum atomic E-state index is 13.0. The van der Waals surface area contributed by atoms with E-state index in [1.807, 2.05) is 0 Å². The molecule has 1 unspecified atom stereocenters. The quantitative estimate of drug-likeness (QED) is 0.784. The van der Waals surface area contributed by atoms with Crippen LogP contribution in [0.5, 0.6) is 0 Å². The van der Waals surface area contributed by atoms with E-state index in [-0.39, 0.29) is 11.9 Å². The smallest absolute Gasteiger partial charge is 0.337 e. The predicted octanol–water partition coefficient (Wildman–Crippen LogP) is 0.960. The molecule has 26 heavy (non-hydrogen) atoms. The molecule has 2 heterocycles. The summed E-state index contributed by atoms with van der Waals surface area (Å²) < 4.78 is 9.99. The molecule has 0 spiro atoms. The van der Waals surface area contributed by atoms with E-state index in [0.717, 1.165) is 0 Å². The van der Waals surface area contributed by atoms with Gasteiger partial charge in [-0.15, -0.1) is 0 Å². The number of nitrogens with one attached hydrogen (secondary N) is 2. The molecule has 0 bridgehead atoms. The SMILES string of the molecule is COC(=O)c1ccc(C2NC(=O)NC(C)=C2C(=O)N2CCOCC2)cc1. The van der Waals surface area contributed by atoms with Gasteiger partial charge in [0.15, 0.2) is 0 Å². The molecular formula is C18H21N3O5. The van der Waals surface area contributed by atoms with Crippen molar-refractivity contribution in [2.24, 2.45) is 0 Å². The van der Waals surface area contributed by atoms with E-state index >= 15 is 0 Å². The van der Waals surface area contributed by atoms with Gasteiger partial charge in [-0.2, -0.15) is 0 Å². The van der Waals surface area contributed by atoms with Gasteiger partial charge >= 0.3 is 12.0 Å². The van der Waals surface area contributed by atoms with E-state index < -0.39 is 12.0 Å². The van der Waals surface area contributed by atoms with Crippen molar-refractivity contribution in [3.63, 3.8) is 0 Å². The summed E-state index contributed by atoms with van der Waals surface area (Å²) in [5, 5.41) is 5.46. The van der Waals surface area contributed by atoms with Gasteiger partial charge in [0, 0.05) is 18.8 Å². The second kappa shape index (κ2) is 7.57. The van der Waals surface area contributed by atoms with E-state index in [4.69, 9.17) is 9.47 Å². The molecule has 0 aromatic heterocycles. The van der Waals surface area contributed by atoms with Crippen LogP contribution in [0.4, 0.5) is 4.79 Å². The first-order valence-electron chi connectivity index (χ1n) is 8.35. The number of benzene rings is 1. The van der Waals surface area contributed by atoms with Crippen LogP contribution in [0.2, 0.25) is 0 Å². The number of rotatable bonds is 3. The summed E-state index contributed by atoms with van der Waals surface area (Å²) in [5.74, 6) is -0.581. The summed E-state index contributed by atoms with van der Waals surface area (Å²) in [6.45, 7) is 3.73. The van der Waals surface area contributed by atoms with Crippen molar-refractivity contribution in [3.8, 4) is 0 Å². The van der Waals surface area contributed by atoms with E-state index in [0.29, 0.717) is 48.7 Å². The second-order valence-corrected chi connectivity index (χ2v) is 6.09. The van der Waals surface area contributed by atoms with E-state index in [9.17, 15) is 14.4 Å². The number of amides is 3. The maximum Gasteiger partial charge on any atom is 0.337 e. The number of hydrogen-bond donors (Lipinski definition) is 2. The molecule has 8 heteroatoms. The number of ether oxygens (including phenoxy) is 2. The number of carbonyl (C=O) groups is 3. The topological polar surface area (TPSA) is 97.0 Å². The average Bonchev–Trinajstić information content (AvgIpc) is 2.67. The van der Waals surface area contributed by atoms with Crippen molar-refractivity contribution in [1.29, 1.82) is 0 Å². The van der Waals surface area contributed by atoms with Gasteiger partial charge in [-0.3, -0.25) is 4.79 Å².